The number of hydrogen-bond acceptors (Lipinski definition) is 6. The Balaban J connectivity index is 1.38. The van der Waals surface area contributed by atoms with Crippen LogP contribution in [0.25, 0.3) is 16.5 Å². The number of benzene rings is 1. The molecule has 3 heterocycles. The van der Waals surface area contributed by atoms with E-state index in [9.17, 15) is 9.90 Å². The van der Waals surface area contributed by atoms with E-state index in [1.54, 1.807) is 42.7 Å². The maximum Gasteiger partial charge on any atom is 0.244 e. The third kappa shape index (κ3) is 4.70. The van der Waals surface area contributed by atoms with Crippen LogP contribution in [0.4, 0.5) is 0 Å². The first-order valence-electron chi connectivity index (χ1n) is 9.50. The van der Waals surface area contributed by atoms with Gasteiger partial charge in [0.1, 0.15) is 11.9 Å². The van der Waals surface area contributed by atoms with Crippen LogP contribution in [0, 0.1) is 0 Å². The molecule has 1 amide bonds. The fraction of sp³-hybridized carbons (Fsp3) is 0.227. The van der Waals surface area contributed by atoms with E-state index in [0.29, 0.717) is 29.4 Å². The average Bonchev–Trinajstić information content (AvgIpc) is 3.39. The van der Waals surface area contributed by atoms with Crippen LogP contribution in [0.3, 0.4) is 0 Å². The second-order valence-electron chi connectivity index (χ2n) is 7.00. The highest BCUT2D eigenvalue weighted by Crippen LogP contribution is 2.41. The van der Waals surface area contributed by atoms with E-state index in [0.717, 1.165) is 20.9 Å². The molecule has 0 saturated heterocycles. The minimum absolute atomic E-state index is 0.182. The molecule has 30 heavy (non-hydrogen) atoms. The summed E-state index contributed by atoms with van der Waals surface area (Å²) < 4.78 is 5.96. The van der Waals surface area contributed by atoms with Crippen LogP contribution < -0.4 is 10.1 Å². The van der Waals surface area contributed by atoms with Crippen LogP contribution in [0.2, 0.25) is 5.02 Å². The Morgan fingerprint density at radius 2 is 2.30 bits per heavy atom. The zero-order valence-electron chi connectivity index (χ0n) is 16.2. The average molecular weight is 442 g/mol. The van der Waals surface area contributed by atoms with Gasteiger partial charge in [0.05, 0.1) is 23.4 Å². The van der Waals surface area contributed by atoms with Crippen molar-refractivity contribution in [3.8, 4) is 16.2 Å². The van der Waals surface area contributed by atoms with Gasteiger partial charge in [-0.2, -0.15) is 10.2 Å². The third-order valence-electron chi connectivity index (χ3n) is 4.68. The van der Waals surface area contributed by atoms with E-state index in [4.69, 9.17) is 16.3 Å². The molecule has 6 nitrogen and oxygen atoms in total. The molecule has 0 fully saturated rings. The molecule has 8 heteroatoms. The first-order chi connectivity index (χ1) is 14.5. The number of aliphatic hydroxyl groups is 1. The van der Waals surface area contributed by atoms with E-state index >= 15 is 0 Å². The van der Waals surface area contributed by atoms with E-state index in [1.807, 2.05) is 18.2 Å². The summed E-state index contributed by atoms with van der Waals surface area (Å²) in [6.45, 7) is 2.12. The number of carbonyl (C=O) groups excluding carboxylic acids is 1. The highest BCUT2D eigenvalue weighted by atomic mass is 35.5. The summed E-state index contributed by atoms with van der Waals surface area (Å²) in [7, 11) is 0. The van der Waals surface area contributed by atoms with Crippen molar-refractivity contribution in [2.75, 3.05) is 6.54 Å². The molecule has 2 atom stereocenters. The monoisotopic (exact) mass is 441 g/mol. The lowest BCUT2D eigenvalue weighted by molar-refractivity contribution is -0.116. The Bertz CT molecular complexity index is 1080. The lowest BCUT2D eigenvalue weighted by Crippen LogP contribution is -2.33. The first-order valence-corrected chi connectivity index (χ1v) is 10.7. The summed E-state index contributed by atoms with van der Waals surface area (Å²) in [5, 5.41) is 20.8. The van der Waals surface area contributed by atoms with Gasteiger partial charge in [0.2, 0.25) is 5.91 Å². The normalized spacial score (nSPS) is 16.3. The smallest absolute Gasteiger partial charge is 0.244 e. The molecule has 154 valence electrons. The third-order valence-corrected chi connectivity index (χ3v) is 6.26. The fourth-order valence-corrected chi connectivity index (χ4v) is 4.43. The minimum Gasteiger partial charge on any atom is -0.486 e. The predicted octanol–water partition coefficient (Wildman–Crippen LogP) is 4.04. The lowest BCUT2D eigenvalue weighted by atomic mass is 10.1. The first kappa shape index (κ1) is 20.5. The number of aromatic nitrogens is 2. The molecule has 2 N–H and O–H groups in total. The molecule has 1 aromatic carbocycles. The summed E-state index contributed by atoms with van der Waals surface area (Å²) in [4.78, 5) is 14.0. The van der Waals surface area contributed by atoms with Gasteiger partial charge in [0.15, 0.2) is 0 Å². The number of carbonyl (C=O) groups is 1. The number of amides is 1. The van der Waals surface area contributed by atoms with E-state index in [2.05, 4.69) is 21.6 Å². The molecule has 1 aliphatic rings. The molecule has 0 bridgehead atoms. The highest BCUT2D eigenvalue weighted by molar-refractivity contribution is 7.15. The van der Waals surface area contributed by atoms with Crippen molar-refractivity contribution in [2.45, 2.75) is 25.6 Å². The predicted molar refractivity (Wildman–Crippen MR) is 118 cm³/mol. The largest absolute Gasteiger partial charge is 0.486 e. The topological polar surface area (TPSA) is 84.3 Å². The van der Waals surface area contributed by atoms with Gasteiger partial charge in [0.25, 0.3) is 0 Å². The Morgan fingerprint density at radius 3 is 3.03 bits per heavy atom. The Morgan fingerprint density at radius 1 is 1.43 bits per heavy atom. The van der Waals surface area contributed by atoms with Gasteiger partial charge >= 0.3 is 0 Å². The van der Waals surface area contributed by atoms with Crippen molar-refractivity contribution in [1.29, 1.82) is 0 Å². The molecular weight excluding hydrogens is 422 g/mol. The molecule has 2 aromatic heterocycles. The number of thiophene rings is 1. The second-order valence-corrected chi connectivity index (χ2v) is 8.52. The standard InChI is InChI=1S/C22H20ClN3O3S/c1-13(27)19-5-6-20(30-19)14-9-15-10-17(29-22(15)18(23)11-14)12-24-21(28)7-4-16-3-2-8-25-26-16/h2-9,11,13,17,27H,10,12H2,1H3,(H,24,28). The molecule has 0 aliphatic carbocycles. The quantitative estimate of drug-likeness (QED) is 0.564. The molecule has 1 aliphatic heterocycles. The molecule has 0 saturated carbocycles. The Kier molecular flexibility index (Phi) is 6.13. The zero-order chi connectivity index (χ0) is 21.1. The summed E-state index contributed by atoms with van der Waals surface area (Å²) >= 11 is 8.00. The van der Waals surface area contributed by atoms with Crippen molar-refractivity contribution < 1.29 is 14.6 Å². The Hall–Kier alpha value is -2.74. The van der Waals surface area contributed by atoms with Gasteiger partial charge < -0.3 is 15.2 Å². The summed E-state index contributed by atoms with van der Waals surface area (Å²) in [5.41, 5.74) is 2.62. The van der Waals surface area contributed by atoms with Crippen LogP contribution >= 0.6 is 22.9 Å². The number of aliphatic hydroxyl groups excluding tert-OH is 1. The van der Waals surface area contributed by atoms with Gasteiger partial charge in [-0.05, 0) is 55.0 Å². The fourth-order valence-electron chi connectivity index (χ4n) is 3.21. The van der Waals surface area contributed by atoms with Gasteiger partial charge in [0, 0.05) is 34.0 Å². The molecule has 3 aromatic rings. The highest BCUT2D eigenvalue weighted by Gasteiger charge is 2.26. The maximum absolute atomic E-state index is 12.1. The van der Waals surface area contributed by atoms with Crippen LogP contribution in [0.5, 0.6) is 5.75 Å². The number of nitrogens with one attached hydrogen (secondary N) is 1. The number of rotatable bonds is 6. The van der Waals surface area contributed by atoms with E-state index in [-0.39, 0.29) is 12.0 Å². The van der Waals surface area contributed by atoms with Crippen LogP contribution in [0.1, 0.15) is 29.2 Å². The SMILES string of the molecule is CC(O)c1ccc(-c2cc(Cl)c3c(c2)CC(CNC(=O)C=Cc2cccnn2)O3)s1. The molecule has 2 unspecified atom stereocenters. The van der Waals surface area contributed by atoms with Crippen molar-refractivity contribution in [3.05, 3.63) is 69.8 Å². The number of ether oxygens (including phenoxy) is 1. The molecule has 0 radical (unpaired) electrons. The van der Waals surface area contributed by atoms with Gasteiger partial charge in [-0.15, -0.1) is 11.3 Å². The van der Waals surface area contributed by atoms with E-state index < -0.39 is 6.10 Å². The molecular formula is C22H20ClN3O3S. The van der Waals surface area contributed by atoms with Crippen LogP contribution in [-0.2, 0) is 11.2 Å². The van der Waals surface area contributed by atoms with Crippen molar-refractivity contribution >= 4 is 34.9 Å². The van der Waals surface area contributed by atoms with Crippen molar-refractivity contribution in [1.82, 2.24) is 15.5 Å². The summed E-state index contributed by atoms with van der Waals surface area (Å²) in [6.07, 6.45) is 4.59. The second kappa shape index (κ2) is 8.95. The zero-order valence-corrected chi connectivity index (χ0v) is 17.8. The van der Waals surface area contributed by atoms with Crippen molar-refractivity contribution in [2.24, 2.45) is 0 Å². The number of hydrogen-bond donors (Lipinski definition) is 2. The van der Waals surface area contributed by atoms with Crippen LogP contribution in [0.15, 0.2) is 48.7 Å². The van der Waals surface area contributed by atoms with Crippen molar-refractivity contribution in [3.63, 3.8) is 0 Å². The van der Waals surface area contributed by atoms with Crippen LogP contribution in [-0.4, -0.2) is 33.9 Å². The van der Waals surface area contributed by atoms with E-state index in [1.165, 1.54) is 6.08 Å². The number of fused-ring (bicyclic) bond motifs is 1. The minimum atomic E-state index is -0.493. The molecule has 0 spiro atoms. The summed E-state index contributed by atoms with van der Waals surface area (Å²) in [6, 6.07) is 11.4. The number of nitrogens with zero attached hydrogens (tertiary/aromatic N) is 2. The number of halogens is 1. The van der Waals surface area contributed by atoms with Gasteiger partial charge in [-0.25, -0.2) is 0 Å². The molecule has 4 rings (SSSR count). The maximum atomic E-state index is 12.1. The van der Waals surface area contributed by atoms with Gasteiger partial charge in [-0.3, -0.25) is 4.79 Å². The lowest BCUT2D eigenvalue weighted by Gasteiger charge is -2.11. The van der Waals surface area contributed by atoms with Gasteiger partial charge in [-0.1, -0.05) is 11.6 Å². The Labute approximate surface area is 183 Å². The summed E-state index contributed by atoms with van der Waals surface area (Å²) in [5.74, 6) is 0.443.